The van der Waals surface area contributed by atoms with Crippen molar-refractivity contribution in [1.29, 1.82) is 0 Å². The van der Waals surface area contributed by atoms with Crippen LogP contribution in [-0.2, 0) is 11.2 Å². The van der Waals surface area contributed by atoms with E-state index in [4.69, 9.17) is 0 Å². The molecule has 9 heteroatoms. The van der Waals surface area contributed by atoms with Crippen LogP contribution in [0.1, 0.15) is 24.2 Å². The van der Waals surface area contributed by atoms with Crippen molar-refractivity contribution in [2.24, 2.45) is 0 Å². The molecule has 156 valence electrons. The normalized spacial score (nSPS) is 12.3. The molecule has 1 N–H and O–H groups in total. The van der Waals surface area contributed by atoms with Crippen molar-refractivity contribution in [2.75, 3.05) is 6.61 Å². The van der Waals surface area contributed by atoms with Gasteiger partial charge in [-0.15, -0.1) is 0 Å². The molecule has 1 aromatic carbocycles. The minimum atomic E-state index is -4.41. The number of alkyl halides is 3. The van der Waals surface area contributed by atoms with Gasteiger partial charge in [-0.05, 0) is 30.7 Å². The summed E-state index contributed by atoms with van der Waals surface area (Å²) in [5.74, 6) is 0.415. The summed E-state index contributed by atoms with van der Waals surface area (Å²) in [6.07, 6.45) is 0.287. The molecule has 1 amide bonds. The second-order valence-electron chi connectivity index (χ2n) is 6.56. The number of nitrogens with one attached hydrogen (secondary N) is 1. The molecule has 1 atom stereocenters. The van der Waals surface area contributed by atoms with E-state index < -0.39 is 18.8 Å². The molecule has 3 rings (SSSR count). The molecular formula is C21H19F3N4O2. The summed E-state index contributed by atoms with van der Waals surface area (Å²) in [7, 11) is 0. The second kappa shape index (κ2) is 9.34. The van der Waals surface area contributed by atoms with E-state index in [1.807, 2.05) is 24.3 Å². The maximum atomic E-state index is 12.3. The Morgan fingerprint density at radius 1 is 1.07 bits per heavy atom. The van der Waals surface area contributed by atoms with Crippen molar-refractivity contribution in [3.8, 4) is 17.1 Å². The zero-order chi connectivity index (χ0) is 21.6. The van der Waals surface area contributed by atoms with Gasteiger partial charge in [0.25, 0.3) is 0 Å². The van der Waals surface area contributed by atoms with Gasteiger partial charge in [-0.2, -0.15) is 13.2 Å². The molecule has 0 unspecified atom stereocenters. The lowest BCUT2D eigenvalue weighted by Gasteiger charge is -2.14. The summed E-state index contributed by atoms with van der Waals surface area (Å²) >= 11 is 0. The average Bonchev–Trinajstić information content (AvgIpc) is 2.73. The maximum Gasteiger partial charge on any atom is 0.422 e. The summed E-state index contributed by atoms with van der Waals surface area (Å²) in [6.45, 7) is 0.363. The third-order valence-electron chi connectivity index (χ3n) is 4.13. The molecule has 0 aliphatic heterocycles. The molecular weight excluding hydrogens is 397 g/mol. The average molecular weight is 416 g/mol. The number of benzene rings is 1. The standard InChI is InChI=1S/C21H19F3N4O2/c1-14(18-8-7-17(12-27-18)30-13-21(22,23)24)28-19(29)11-15-3-5-16(6-4-15)20-25-9-2-10-26-20/h2-10,12,14H,11,13H2,1H3,(H,28,29)/t14-/m1/s1. The van der Waals surface area contributed by atoms with Crippen LogP contribution in [0.3, 0.4) is 0 Å². The van der Waals surface area contributed by atoms with Crippen LogP contribution in [0.15, 0.2) is 61.1 Å². The number of carbonyl (C=O) groups excluding carboxylic acids is 1. The fourth-order valence-electron chi connectivity index (χ4n) is 2.67. The lowest BCUT2D eigenvalue weighted by molar-refractivity contribution is -0.153. The Balaban J connectivity index is 1.53. The second-order valence-corrected chi connectivity index (χ2v) is 6.56. The molecule has 0 bridgehead atoms. The largest absolute Gasteiger partial charge is 0.483 e. The first-order chi connectivity index (χ1) is 14.3. The molecule has 6 nitrogen and oxygen atoms in total. The van der Waals surface area contributed by atoms with E-state index in [-0.39, 0.29) is 18.1 Å². The monoisotopic (exact) mass is 416 g/mol. The van der Waals surface area contributed by atoms with Crippen molar-refractivity contribution < 1.29 is 22.7 Å². The highest BCUT2D eigenvalue weighted by atomic mass is 19.4. The quantitative estimate of drug-likeness (QED) is 0.632. The first-order valence-corrected chi connectivity index (χ1v) is 9.11. The SMILES string of the molecule is C[C@@H](NC(=O)Cc1ccc(-c2ncccn2)cc1)c1ccc(OCC(F)(F)F)cn1. The topological polar surface area (TPSA) is 77.0 Å². The molecule has 0 saturated carbocycles. The lowest BCUT2D eigenvalue weighted by atomic mass is 10.1. The molecule has 0 saturated heterocycles. The number of amides is 1. The molecule has 30 heavy (non-hydrogen) atoms. The molecule has 0 aliphatic carbocycles. The summed E-state index contributed by atoms with van der Waals surface area (Å²) in [6, 6.07) is 11.6. The van der Waals surface area contributed by atoms with Crippen molar-refractivity contribution in [1.82, 2.24) is 20.3 Å². The van der Waals surface area contributed by atoms with Crippen LogP contribution in [0.25, 0.3) is 11.4 Å². The number of pyridine rings is 1. The van der Waals surface area contributed by atoms with Crippen LogP contribution in [0.4, 0.5) is 13.2 Å². The van der Waals surface area contributed by atoms with Gasteiger partial charge >= 0.3 is 6.18 Å². The summed E-state index contributed by atoms with van der Waals surface area (Å²) in [4.78, 5) is 24.7. The first kappa shape index (κ1) is 21.2. The number of halogens is 3. The Kier molecular flexibility index (Phi) is 6.61. The van der Waals surface area contributed by atoms with Crippen molar-refractivity contribution in [2.45, 2.75) is 25.6 Å². The number of hydrogen-bond donors (Lipinski definition) is 1. The van der Waals surface area contributed by atoms with Gasteiger partial charge in [0, 0.05) is 18.0 Å². The number of nitrogens with zero attached hydrogens (tertiary/aromatic N) is 3. The van der Waals surface area contributed by atoms with Crippen molar-refractivity contribution >= 4 is 5.91 Å². The Hall–Kier alpha value is -3.49. The van der Waals surface area contributed by atoms with Gasteiger partial charge in [0.05, 0.1) is 24.4 Å². The predicted octanol–water partition coefficient (Wildman–Crippen LogP) is 3.90. The van der Waals surface area contributed by atoms with Crippen LogP contribution in [0.2, 0.25) is 0 Å². The van der Waals surface area contributed by atoms with E-state index in [2.05, 4.69) is 25.0 Å². The number of ether oxygens (including phenoxy) is 1. The van der Waals surface area contributed by atoms with Gasteiger partial charge < -0.3 is 10.1 Å². The summed E-state index contributed by atoms with van der Waals surface area (Å²) in [5.41, 5.74) is 2.19. The minimum absolute atomic E-state index is 0.0112. The fourth-order valence-corrected chi connectivity index (χ4v) is 2.67. The van der Waals surface area contributed by atoms with Crippen molar-refractivity contribution in [3.63, 3.8) is 0 Å². The number of aromatic nitrogens is 3. The van der Waals surface area contributed by atoms with Gasteiger partial charge in [-0.1, -0.05) is 24.3 Å². The Labute approximate surface area is 171 Å². The fraction of sp³-hybridized carbons (Fsp3) is 0.238. The van der Waals surface area contributed by atoms with E-state index in [1.165, 1.54) is 18.3 Å². The Morgan fingerprint density at radius 3 is 2.37 bits per heavy atom. The van der Waals surface area contributed by atoms with Gasteiger partial charge in [-0.25, -0.2) is 9.97 Å². The van der Waals surface area contributed by atoms with E-state index in [0.717, 1.165) is 11.1 Å². The molecule has 2 aromatic heterocycles. The molecule has 0 fully saturated rings. The van der Waals surface area contributed by atoms with Crippen LogP contribution in [0, 0.1) is 0 Å². The zero-order valence-electron chi connectivity index (χ0n) is 16.1. The molecule has 0 spiro atoms. The highest BCUT2D eigenvalue weighted by molar-refractivity contribution is 5.79. The van der Waals surface area contributed by atoms with Crippen LogP contribution in [-0.4, -0.2) is 33.6 Å². The number of carbonyl (C=O) groups is 1. The highest BCUT2D eigenvalue weighted by Crippen LogP contribution is 2.19. The molecule has 0 aliphatic rings. The number of hydrogen-bond acceptors (Lipinski definition) is 5. The van der Waals surface area contributed by atoms with Gasteiger partial charge in [0.2, 0.25) is 5.91 Å². The Bertz CT molecular complexity index is 962. The summed E-state index contributed by atoms with van der Waals surface area (Å²) in [5, 5.41) is 2.82. The van der Waals surface area contributed by atoms with E-state index in [1.54, 1.807) is 25.4 Å². The predicted molar refractivity (Wildman–Crippen MR) is 104 cm³/mol. The van der Waals surface area contributed by atoms with Crippen LogP contribution >= 0.6 is 0 Å². The third-order valence-corrected chi connectivity index (χ3v) is 4.13. The van der Waals surface area contributed by atoms with Crippen LogP contribution in [0.5, 0.6) is 5.75 Å². The van der Waals surface area contributed by atoms with Gasteiger partial charge in [0.15, 0.2) is 12.4 Å². The smallest absolute Gasteiger partial charge is 0.422 e. The van der Waals surface area contributed by atoms with Gasteiger partial charge in [-0.3, -0.25) is 9.78 Å². The molecule has 0 radical (unpaired) electrons. The van der Waals surface area contributed by atoms with Gasteiger partial charge in [0.1, 0.15) is 5.75 Å². The highest BCUT2D eigenvalue weighted by Gasteiger charge is 2.28. The number of rotatable bonds is 7. The molecule has 2 heterocycles. The first-order valence-electron chi connectivity index (χ1n) is 9.11. The molecule has 3 aromatic rings. The van der Waals surface area contributed by atoms with E-state index in [0.29, 0.717) is 11.5 Å². The zero-order valence-corrected chi connectivity index (χ0v) is 16.1. The third kappa shape index (κ3) is 6.26. The summed E-state index contributed by atoms with van der Waals surface area (Å²) < 4.78 is 41.2. The van der Waals surface area contributed by atoms with E-state index in [9.17, 15) is 18.0 Å². The van der Waals surface area contributed by atoms with Crippen LogP contribution < -0.4 is 10.1 Å². The minimum Gasteiger partial charge on any atom is -0.483 e. The lowest BCUT2D eigenvalue weighted by Crippen LogP contribution is -2.28. The Morgan fingerprint density at radius 2 is 1.77 bits per heavy atom. The maximum absolute atomic E-state index is 12.3. The van der Waals surface area contributed by atoms with E-state index >= 15 is 0 Å². The van der Waals surface area contributed by atoms with Crippen molar-refractivity contribution in [3.05, 3.63) is 72.3 Å².